The average molecular weight is 557 g/mol. The van der Waals surface area contributed by atoms with E-state index in [0.717, 1.165) is 45.2 Å². The predicted molar refractivity (Wildman–Crippen MR) is 162 cm³/mol. The number of aryl methyl sites for hydroxylation is 1. The second-order valence-corrected chi connectivity index (χ2v) is 10.3. The number of hydrogen-bond acceptors (Lipinski definition) is 7. The van der Waals surface area contributed by atoms with Crippen molar-refractivity contribution in [3.05, 3.63) is 71.4 Å². The number of pyridine rings is 1. The number of hydrogen-bond donors (Lipinski definition) is 3. The van der Waals surface area contributed by atoms with Crippen molar-refractivity contribution >= 4 is 55.6 Å². The molecule has 40 heavy (non-hydrogen) atoms. The van der Waals surface area contributed by atoms with Crippen LogP contribution < -0.4 is 21.1 Å². The molecule has 0 radical (unpaired) electrons. The molecule has 0 aliphatic rings. The summed E-state index contributed by atoms with van der Waals surface area (Å²) in [5, 5.41) is 9.64. The van der Waals surface area contributed by atoms with Gasteiger partial charge in [0, 0.05) is 35.1 Å². The number of anilines is 2. The van der Waals surface area contributed by atoms with Crippen LogP contribution in [0.2, 0.25) is 0 Å². The first-order valence-corrected chi connectivity index (χ1v) is 13.9. The van der Waals surface area contributed by atoms with Crippen LogP contribution in [-0.4, -0.2) is 53.1 Å². The summed E-state index contributed by atoms with van der Waals surface area (Å²) < 4.78 is 8.30. The van der Waals surface area contributed by atoms with Gasteiger partial charge in [0.25, 0.3) is 11.8 Å². The predicted octanol–water partition coefficient (Wildman–Crippen LogP) is 5.33. The molecule has 3 heterocycles. The Balaban J connectivity index is 1.44. The van der Waals surface area contributed by atoms with E-state index in [4.69, 9.17) is 10.5 Å². The monoisotopic (exact) mass is 556 g/mol. The van der Waals surface area contributed by atoms with E-state index < -0.39 is 0 Å². The molecule has 0 spiro atoms. The number of aromatic nitrogens is 2. The van der Waals surface area contributed by atoms with Crippen LogP contribution in [0.25, 0.3) is 32.1 Å². The number of nitrogens with two attached hydrogens (primary N) is 1. The van der Waals surface area contributed by atoms with Crippen molar-refractivity contribution in [1.29, 1.82) is 0 Å². The topological polar surface area (TPSA) is 115 Å². The molecule has 2 aromatic carbocycles. The van der Waals surface area contributed by atoms with Gasteiger partial charge in [0.05, 0.1) is 29.7 Å². The van der Waals surface area contributed by atoms with E-state index in [2.05, 4.69) is 34.4 Å². The number of nitrogen functional groups attached to an aromatic ring is 1. The lowest BCUT2D eigenvalue weighted by atomic mass is 10.0. The molecular formula is C30H32N6O3S. The van der Waals surface area contributed by atoms with Crippen molar-refractivity contribution in [3.63, 3.8) is 0 Å². The first-order chi connectivity index (χ1) is 19.4. The van der Waals surface area contributed by atoms with Crippen molar-refractivity contribution < 1.29 is 14.3 Å². The zero-order chi connectivity index (χ0) is 28.4. The molecule has 0 aliphatic heterocycles. The second-order valence-electron chi connectivity index (χ2n) is 9.39. The standard InChI is InChI=1S/C30H32N6O3S/c1-5-36(6-2)17-33-29(37)20-15-32-28(31)26-21(16-40-27(20)26)18-11-12-22(25(14-18)39-4)34-30(38)24-13-19-9-7-8-10-23(19)35(24)3/h7-16H,5-6,17H2,1-4H3,(H2,31,32)(H,33,37)(H,34,38). The lowest BCUT2D eigenvalue weighted by Gasteiger charge is -2.18. The number of methoxy groups -OCH3 is 1. The van der Waals surface area contributed by atoms with E-state index in [1.165, 1.54) is 17.5 Å². The van der Waals surface area contributed by atoms with Gasteiger partial charge in [0.1, 0.15) is 17.3 Å². The fourth-order valence-electron chi connectivity index (χ4n) is 4.82. The molecule has 0 unspecified atom stereocenters. The van der Waals surface area contributed by atoms with Crippen LogP contribution in [-0.2, 0) is 7.05 Å². The van der Waals surface area contributed by atoms with Gasteiger partial charge in [-0.25, -0.2) is 4.98 Å². The van der Waals surface area contributed by atoms with Gasteiger partial charge < -0.3 is 25.7 Å². The molecule has 0 saturated heterocycles. The summed E-state index contributed by atoms with van der Waals surface area (Å²) in [4.78, 5) is 32.7. The zero-order valence-electron chi connectivity index (χ0n) is 22.9. The maximum Gasteiger partial charge on any atom is 0.272 e. The molecule has 206 valence electrons. The van der Waals surface area contributed by atoms with Crippen molar-refractivity contribution in [2.45, 2.75) is 13.8 Å². The quantitative estimate of drug-likeness (QED) is 0.212. The number of carbonyl (C=O) groups excluding carboxylic acids is 2. The highest BCUT2D eigenvalue weighted by atomic mass is 32.1. The number of para-hydroxylation sites is 1. The lowest BCUT2D eigenvalue weighted by molar-refractivity contribution is 0.0927. The molecule has 0 saturated carbocycles. The number of thiophene rings is 1. The smallest absolute Gasteiger partial charge is 0.272 e. The highest BCUT2D eigenvalue weighted by molar-refractivity contribution is 7.18. The Kier molecular flexibility index (Phi) is 7.72. The van der Waals surface area contributed by atoms with Gasteiger partial charge in [-0.1, -0.05) is 38.1 Å². The van der Waals surface area contributed by atoms with Crippen LogP contribution >= 0.6 is 11.3 Å². The molecule has 2 amide bonds. The Hall–Kier alpha value is -4.41. The summed E-state index contributed by atoms with van der Waals surface area (Å²) >= 11 is 1.45. The number of amides is 2. The zero-order valence-corrected chi connectivity index (χ0v) is 23.8. The summed E-state index contributed by atoms with van der Waals surface area (Å²) in [6.45, 7) is 6.25. The minimum atomic E-state index is -0.237. The maximum absolute atomic E-state index is 13.2. The molecule has 0 atom stereocenters. The molecule has 5 aromatic rings. The normalized spacial score (nSPS) is 11.3. The SMILES string of the molecule is CCN(CC)CNC(=O)c1cnc(N)c2c(-c3ccc(NC(=O)c4cc5ccccc5n4C)c(OC)c3)csc12. The Morgan fingerprint density at radius 3 is 2.60 bits per heavy atom. The van der Waals surface area contributed by atoms with Crippen LogP contribution in [0.15, 0.2) is 60.1 Å². The van der Waals surface area contributed by atoms with Gasteiger partial charge >= 0.3 is 0 Å². The van der Waals surface area contributed by atoms with Crippen LogP contribution in [0.3, 0.4) is 0 Å². The number of ether oxygens (including phenoxy) is 1. The molecular weight excluding hydrogens is 524 g/mol. The molecule has 0 bridgehead atoms. The third-order valence-electron chi connectivity index (χ3n) is 7.17. The third kappa shape index (κ3) is 4.99. The molecule has 10 heteroatoms. The average Bonchev–Trinajstić information content (AvgIpc) is 3.56. The number of nitrogens with zero attached hydrogens (tertiary/aromatic N) is 3. The van der Waals surface area contributed by atoms with E-state index in [-0.39, 0.29) is 11.8 Å². The Morgan fingerprint density at radius 1 is 1.10 bits per heavy atom. The Labute approximate surface area is 236 Å². The largest absolute Gasteiger partial charge is 0.495 e. The van der Waals surface area contributed by atoms with Gasteiger partial charge in [-0.15, -0.1) is 11.3 Å². The fourth-order valence-corrected chi connectivity index (χ4v) is 5.92. The van der Waals surface area contributed by atoms with Gasteiger partial charge in [-0.2, -0.15) is 0 Å². The minimum absolute atomic E-state index is 0.193. The lowest BCUT2D eigenvalue weighted by Crippen LogP contribution is -2.37. The fraction of sp³-hybridized carbons (Fsp3) is 0.233. The van der Waals surface area contributed by atoms with E-state index in [0.29, 0.717) is 35.2 Å². The second kappa shape index (κ2) is 11.4. The van der Waals surface area contributed by atoms with E-state index in [9.17, 15) is 9.59 Å². The molecule has 0 aliphatic carbocycles. The number of nitrogens with one attached hydrogen (secondary N) is 2. The summed E-state index contributed by atoms with van der Waals surface area (Å²) in [6, 6.07) is 15.3. The minimum Gasteiger partial charge on any atom is -0.495 e. The van der Waals surface area contributed by atoms with Crippen molar-refractivity contribution in [2.24, 2.45) is 7.05 Å². The van der Waals surface area contributed by atoms with E-state index in [1.54, 1.807) is 7.11 Å². The van der Waals surface area contributed by atoms with E-state index in [1.807, 2.05) is 65.5 Å². The highest BCUT2D eigenvalue weighted by Gasteiger charge is 2.20. The van der Waals surface area contributed by atoms with Crippen LogP contribution in [0, 0.1) is 0 Å². The molecule has 5 rings (SSSR count). The molecule has 4 N–H and O–H groups in total. The number of benzene rings is 2. The Morgan fingerprint density at radius 2 is 1.88 bits per heavy atom. The van der Waals surface area contributed by atoms with Crippen LogP contribution in [0.4, 0.5) is 11.5 Å². The highest BCUT2D eigenvalue weighted by Crippen LogP contribution is 2.41. The molecule has 9 nitrogen and oxygen atoms in total. The van der Waals surface area contributed by atoms with Crippen molar-refractivity contribution in [2.75, 3.05) is 37.9 Å². The van der Waals surface area contributed by atoms with E-state index >= 15 is 0 Å². The summed E-state index contributed by atoms with van der Waals surface area (Å²) in [5.41, 5.74) is 10.5. The van der Waals surface area contributed by atoms with Gasteiger partial charge in [-0.3, -0.25) is 14.5 Å². The summed E-state index contributed by atoms with van der Waals surface area (Å²) in [6.07, 6.45) is 1.53. The number of fused-ring (bicyclic) bond motifs is 2. The van der Waals surface area contributed by atoms with Crippen molar-refractivity contribution in [1.82, 2.24) is 19.8 Å². The molecule has 3 aromatic heterocycles. The number of rotatable bonds is 9. The van der Waals surface area contributed by atoms with Gasteiger partial charge in [0.15, 0.2) is 0 Å². The van der Waals surface area contributed by atoms with Gasteiger partial charge in [0.2, 0.25) is 0 Å². The van der Waals surface area contributed by atoms with Crippen LogP contribution in [0.5, 0.6) is 5.75 Å². The summed E-state index contributed by atoms with van der Waals surface area (Å²) in [5.74, 6) is 0.420. The van der Waals surface area contributed by atoms with Crippen molar-refractivity contribution in [3.8, 4) is 16.9 Å². The number of carbonyl (C=O) groups is 2. The van der Waals surface area contributed by atoms with Crippen LogP contribution in [0.1, 0.15) is 34.7 Å². The summed E-state index contributed by atoms with van der Waals surface area (Å²) in [7, 11) is 3.43. The first kappa shape index (κ1) is 27.2. The third-order valence-corrected chi connectivity index (χ3v) is 8.19. The van der Waals surface area contributed by atoms with Gasteiger partial charge in [-0.05, 0) is 48.3 Å². The Bertz CT molecular complexity index is 1720. The maximum atomic E-state index is 13.2. The first-order valence-electron chi connectivity index (χ1n) is 13.1. The molecule has 0 fully saturated rings.